The molecule has 45 heavy (non-hydrogen) atoms. The van der Waals surface area contributed by atoms with E-state index in [0.29, 0.717) is 0 Å². The van der Waals surface area contributed by atoms with Gasteiger partial charge in [-0.05, 0) is 60.7 Å². The Hall–Kier alpha value is -2.78. The molecule has 0 spiro atoms. The summed E-state index contributed by atoms with van der Waals surface area (Å²) in [7, 11) is 6.99. The first-order chi connectivity index (χ1) is 22.0. The van der Waals surface area contributed by atoms with Gasteiger partial charge in [0.2, 0.25) is 0 Å². The van der Waals surface area contributed by atoms with Crippen LogP contribution < -0.4 is 36.6 Å². The maximum absolute atomic E-state index is 7.27. The third-order valence-electron chi connectivity index (χ3n) is 8.37. The molecular weight excluding hydrogens is 724 g/mol. The number of rotatable bonds is 6. The minimum atomic E-state index is -1.32. The summed E-state index contributed by atoms with van der Waals surface area (Å²) in [5.74, 6) is 2.07. The van der Waals surface area contributed by atoms with Gasteiger partial charge in [0.1, 0.15) is 47.7 Å². The molecule has 6 heteroatoms. The number of hydrogen-bond donors (Lipinski definition) is 0. The van der Waals surface area contributed by atoms with Gasteiger partial charge < -0.3 is 4.74 Å². The van der Waals surface area contributed by atoms with Crippen LogP contribution in [0.4, 0.5) is 0 Å². The van der Waals surface area contributed by atoms with Crippen LogP contribution in [-0.4, -0.2) is 0 Å². The fourth-order valence-electron chi connectivity index (χ4n) is 6.29. The van der Waals surface area contributed by atoms with Crippen molar-refractivity contribution >= 4 is 66.7 Å². The van der Waals surface area contributed by atoms with E-state index in [9.17, 15) is 0 Å². The van der Waals surface area contributed by atoms with Gasteiger partial charge in [-0.3, -0.25) is 0 Å². The van der Waals surface area contributed by atoms with Crippen molar-refractivity contribution in [2.75, 3.05) is 0 Å². The van der Waals surface area contributed by atoms with Crippen LogP contribution in [0.3, 0.4) is 0 Å². The molecule has 0 radical (unpaired) electrons. The van der Waals surface area contributed by atoms with Crippen LogP contribution in [0, 0.1) is 0 Å². The summed E-state index contributed by atoms with van der Waals surface area (Å²) in [5.41, 5.74) is 2.30. The first-order valence-corrected chi connectivity index (χ1v) is 21.8. The zero-order chi connectivity index (χ0) is 31.2. The molecule has 0 bridgehead atoms. The van der Waals surface area contributed by atoms with E-state index in [1.54, 1.807) is 0 Å². The molecule has 7 rings (SSSR count). The molecule has 0 unspecified atom stereocenters. The number of halogens is 2. The molecule has 0 saturated heterocycles. The van der Waals surface area contributed by atoms with Crippen molar-refractivity contribution in [1.82, 2.24) is 0 Å². The minimum absolute atomic E-state index is 0.106. The van der Waals surface area contributed by atoms with Gasteiger partial charge in [0.05, 0.1) is 0 Å². The molecule has 0 N–H and O–H groups in total. The molecule has 0 atom stereocenters. The second kappa shape index (κ2) is 14.8. The monoisotopic (exact) mass is 756 g/mol. The van der Waals surface area contributed by atoms with Gasteiger partial charge in [-0.25, -0.2) is 0 Å². The van der Waals surface area contributed by atoms with Crippen LogP contribution >= 0.6 is 34.9 Å². The molecule has 1 heterocycles. The van der Waals surface area contributed by atoms with Crippen molar-refractivity contribution in [3.63, 3.8) is 0 Å². The zero-order valence-corrected chi connectivity index (χ0v) is 30.1. The molecule has 6 aromatic rings. The summed E-state index contributed by atoms with van der Waals surface area (Å²) in [6.07, 6.45) is 0. The Labute approximate surface area is 285 Å². The Bertz CT molecular complexity index is 1640. The molecule has 1 nitrogen and oxygen atoms in total. The van der Waals surface area contributed by atoms with Crippen molar-refractivity contribution in [1.29, 1.82) is 0 Å². The number of ether oxygens (including phenoxy) is 1. The number of fused-ring (bicyclic) bond motifs is 2. The molecule has 0 aromatic heterocycles. The Morgan fingerprint density at radius 3 is 1.02 bits per heavy atom. The first kappa shape index (κ1) is 32.2. The molecule has 1 aliphatic heterocycles. The third-order valence-corrected chi connectivity index (χ3v) is 13.9. The normalized spacial score (nSPS) is 12.9. The van der Waals surface area contributed by atoms with E-state index < -0.39 is 15.8 Å². The van der Waals surface area contributed by atoms with Gasteiger partial charge in [0.15, 0.2) is 11.5 Å². The van der Waals surface area contributed by atoms with E-state index in [4.69, 9.17) is 23.8 Å². The van der Waals surface area contributed by atoms with Crippen LogP contribution in [0.25, 0.3) is 0 Å². The third kappa shape index (κ3) is 6.71. The summed E-state index contributed by atoms with van der Waals surface area (Å²) < 4.78 is 7.27. The molecule has 6 aromatic carbocycles. The molecule has 0 saturated carbocycles. The fourth-order valence-corrected chi connectivity index (χ4v) is 11.7. The van der Waals surface area contributed by atoms with Gasteiger partial charge in [-0.15, -0.1) is 0 Å². The molecule has 0 fully saturated rings. The van der Waals surface area contributed by atoms with Gasteiger partial charge in [0, 0.05) is 16.5 Å². The number of benzene rings is 6. The second-order valence-corrected chi connectivity index (χ2v) is 18.6. The van der Waals surface area contributed by atoms with Crippen molar-refractivity contribution in [2.24, 2.45) is 0 Å². The van der Waals surface area contributed by atoms with Gasteiger partial charge in [-0.2, -0.15) is 0 Å². The van der Waals surface area contributed by atoms with Gasteiger partial charge in [0.25, 0.3) is 0 Å². The van der Waals surface area contributed by atoms with Crippen molar-refractivity contribution in [3.8, 4) is 11.5 Å². The zero-order valence-electron chi connectivity index (χ0n) is 25.0. The predicted molar refractivity (Wildman–Crippen MR) is 197 cm³/mol. The molecule has 0 aliphatic carbocycles. The SMILES string of the molecule is CC1(C)c2cccc([PH+](c3ccccc3)c3ccccc3)c2Oc2c([PH+](c3ccccc3)c3ccccc3)cccc21.[Cl][Pd][Cl]. The quantitative estimate of drug-likeness (QED) is 0.122. The van der Waals surface area contributed by atoms with E-state index >= 15 is 0 Å². The van der Waals surface area contributed by atoms with E-state index in [1.165, 1.54) is 43.0 Å². The van der Waals surface area contributed by atoms with Crippen molar-refractivity contribution in [3.05, 3.63) is 169 Å². The van der Waals surface area contributed by atoms with E-state index in [-0.39, 0.29) is 21.4 Å². The summed E-state index contributed by atoms with van der Waals surface area (Å²) in [6, 6.07) is 57.5. The Kier molecular flexibility index (Phi) is 10.6. The van der Waals surface area contributed by atoms with Crippen LogP contribution in [0.2, 0.25) is 0 Å². The molecule has 1 aliphatic rings. The summed E-state index contributed by atoms with van der Waals surface area (Å²) in [4.78, 5) is 0. The average Bonchev–Trinajstić information content (AvgIpc) is 3.08. The van der Waals surface area contributed by atoms with Crippen LogP contribution in [-0.2, 0) is 21.4 Å². The number of hydrogen-bond acceptors (Lipinski definition) is 1. The van der Waals surface area contributed by atoms with E-state index in [2.05, 4.69) is 172 Å². The van der Waals surface area contributed by atoms with Gasteiger partial charge in [-0.1, -0.05) is 111 Å². The van der Waals surface area contributed by atoms with Crippen LogP contribution in [0.1, 0.15) is 25.0 Å². The second-order valence-electron chi connectivity index (χ2n) is 11.4. The summed E-state index contributed by atoms with van der Waals surface area (Å²) >= 11 is -0.106. The number of para-hydroxylation sites is 2. The molecular formula is C39H34Cl2OP2Pd+2. The Morgan fingerprint density at radius 2 is 0.733 bits per heavy atom. The van der Waals surface area contributed by atoms with Crippen molar-refractivity contribution in [2.45, 2.75) is 19.3 Å². The standard InChI is InChI=1S/C39H32OP2.2ClH.Pd/c1-39(2)33-25-15-27-35(41(29-17-7-3-8-18-29)30-19-9-4-10-20-30)37(33)40-38-34(39)26-16-28-36(38)42(31-21-11-5-12-22-31)32-23-13-6-14-24-32;;;/h3-28H,1-2H3;2*1H;/q;;;+2. The predicted octanol–water partition coefficient (Wildman–Crippen LogP) is 8.48. The fraction of sp³-hybridized carbons (Fsp3) is 0.0769. The summed E-state index contributed by atoms with van der Waals surface area (Å²) in [6.45, 7) is 4.71. The van der Waals surface area contributed by atoms with Crippen LogP contribution in [0.5, 0.6) is 11.5 Å². The topological polar surface area (TPSA) is 9.23 Å². The van der Waals surface area contributed by atoms with Crippen LogP contribution in [0.15, 0.2) is 158 Å². The average molecular weight is 758 g/mol. The van der Waals surface area contributed by atoms with Gasteiger partial charge >= 0.3 is 35.0 Å². The molecule has 0 amide bonds. The first-order valence-electron chi connectivity index (χ1n) is 14.8. The molecule has 228 valence electrons. The van der Waals surface area contributed by atoms with E-state index in [1.807, 2.05) is 0 Å². The van der Waals surface area contributed by atoms with E-state index in [0.717, 1.165) is 11.5 Å². The Balaban J connectivity index is 0.00000115. The Morgan fingerprint density at radius 1 is 0.444 bits per heavy atom. The summed E-state index contributed by atoms with van der Waals surface area (Å²) in [5, 5.41) is 8.05. The maximum atomic E-state index is 7.27. The van der Waals surface area contributed by atoms with Crippen molar-refractivity contribution < 1.29 is 20.7 Å².